The maximum absolute atomic E-state index is 13.6. The van der Waals surface area contributed by atoms with E-state index < -0.39 is 36.4 Å². The number of carboxylic acid groups (broad SMARTS) is 1. The van der Waals surface area contributed by atoms with E-state index in [1.165, 1.54) is 0 Å². The minimum Gasteiger partial charge on any atom is -0.465 e. The number of piperidine rings is 1. The Morgan fingerprint density at radius 2 is 1.76 bits per heavy atom. The number of likely N-dealkylation sites (tertiary alicyclic amines) is 1. The summed E-state index contributed by atoms with van der Waals surface area (Å²) in [4.78, 5) is 28.8. The van der Waals surface area contributed by atoms with Crippen molar-refractivity contribution in [1.82, 2.24) is 14.7 Å². The van der Waals surface area contributed by atoms with E-state index in [1.807, 2.05) is 30.3 Å². The highest BCUT2D eigenvalue weighted by Gasteiger charge is 2.52. The lowest BCUT2D eigenvalue weighted by atomic mass is 9.66. The number of carbonyl (C=O) groups is 2. The van der Waals surface area contributed by atoms with Gasteiger partial charge in [0.25, 0.3) is 0 Å². The summed E-state index contributed by atoms with van der Waals surface area (Å²) in [5, 5.41) is 21.1. The maximum Gasteiger partial charge on any atom is 0.407 e. The average molecular weight is 470 g/mol. The third kappa shape index (κ3) is 4.82. The van der Waals surface area contributed by atoms with E-state index in [9.17, 15) is 33.0 Å². The first-order chi connectivity index (χ1) is 15.6. The highest BCUT2D eigenvalue weighted by Crippen LogP contribution is 2.47. The van der Waals surface area contributed by atoms with Crippen LogP contribution in [0.2, 0.25) is 0 Å². The van der Waals surface area contributed by atoms with Gasteiger partial charge < -0.3 is 20.0 Å². The van der Waals surface area contributed by atoms with Gasteiger partial charge in [-0.3, -0.25) is 9.69 Å². The molecular formula is C23H30F3N3O4. The molecule has 33 heavy (non-hydrogen) atoms. The number of carbonyl (C=O) groups excluding carboxylic acids is 1. The smallest absolute Gasteiger partial charge is 0.407 e. The molecule has 2 amide bonds. The van der Waals surface area contributed by atoms with E-state index in [0.717, 1.165) is 34.6 Å². The number of halogens is 3. The first-order valence-electron chi connectivity index (χ1n) is 11.5. The summed E-state index contributed by atoms with van der Waals surface area (Å²) >= 11 is 0. The van der Waals surface area contributed by atoms with Gasteiger partial charge >= 0.3 is 12.3 Å². The van der Waals surface area contributed by atoms with Crippen molar-refractivity contribution in [2.45, 2.75) is 56.0 Å². The summed E-state index contributed by atoms with van der Waals surface area (Å²) in [7, 11) is 0. The summed E-state index contributed by atoms with van der Waals surface area (Å²) in [6.45, 7) is -1.56. The zero-order valence-corrected chi connectivity index (χ0v) is 18.4. The fourth-order valence-electron chi connectivity index (χ4n) is 5.88. The van der Waals surface area contributed by atoms with Gasteiger partial charge in [0.2, 0.25) is 5.91 Å². The Labute approximate surface area is 190 Å². The van der Waals surface area contributed by atoms with Crippen LogP contribution >= 0.6 is 0 Å². The number of aliphatic hydroxyl groups is 1. The molecule has 1 aliphatic carbocycles. The van der Waals surface area contributed by atoms with Crippen LogP contribution in [0.5, 0.6) is 0 Å². The van der Waals surface area contributed by atoms with Crippen LogP contribution in [0.25, 0.3) is 0 Å². The zero-order valence-electron chi connectivity index (χ0n) is 18.4. The molecule has 10 heteroatoms. The van der Waals surface area contributed by atoms with Gasteiger partial charge in [-0.15, -0.1) is 0 Å². The molecule has 7 nitrogen and oxygen atoms in total. The standard InChI is InChI=1S/C23H30F3N3O4/c24-23(25,26)15-28-13-12-27(21(31)32)14-19(28)20(30)29-11-10-22(33,16-6-2-1-3-7-16)17-8-4-5-9-18(17)29/h1-3,6-7,17-19,33H,4-5,8-15H2,(H,31,32). The Kier molecular flexibility index (Phi) is 6.59. The van der Waals surface area contributed by atoms with E-state index in [-0.39, 0.29) is 38.1 Å². The predicted molar refractivity (Wildman–Crippen MR) is 113 cm³/mol. The van der Waals surface area contributed by atoms with E-state index in [4.69, 9.17) is 0 Å². The number of fused-ring (bicyclic) bond motifs is 1. The van der Waals surface area contributed by atoms with E-state index >= 15 is 0 Å². The molecule has 1 saturated carbocycles. The van der Waals surface area contributed by atoms with Crippen LogP contribution in [0.15, 0.2) is 30.3 Å². The molecule has 0 aromatic heterocycles. The highest BCUT2D eigenvalue weighted by molar-refractivity contribution is 5.83. The van der Waals surface area contributed by atoms with E-state index in [1.54, 1.807) is 4.90 Å². The first kappa shape index (κ1) is 23.8. The lowest BCUT2D eigenvalue weighted by Gasteiger charge is -2.54. The molecule has 4 unspecified atom stereocenters. The van der Waals surface area contributed by atoms with Gasteiger partial charge in [0.05, 0.1) is 12.1 Å². The molecule has 0 bridgehead atoms. The number of rotatable bonds is 3. The fourth-order valence-corrected chi connectivity index (χ4v) is 5.88. The van der Waals surface area contributed by atoms with Crippen molar-refractivity contribution < 1.29 is 33.0 Å². The second-order valence-electron chi connectivity index (χ2n) is 9.36. The van der Waals surface area contributed by atoms with Crippen molar-refractivity contribution in [1.29, 1.82) is 0 Å². The summed E-state index contributed by atoms with van der Waals surface area (Å²) in [6, 6.07) is 7.86. The number of piperazine rings is 1. The largest absolute Gasteiger partial charge is 0.465 e. The predicted octanol–water partition coefficient (Wildman–Crippen LogP) is 2.89. The van der Waals surface area contributed by atoms with Gasteiger partial charge in [-0.2, -0.15) is 13.2 Å². The Morgan fingerprint density at radius 1 is 1.06 bits per heavy atom. The van der Waals surface area contributed by atoms with Gasteiger partial charge in [0.15, 0.2) is 0 Å². The van der Waals surface area contributed by atoms with Crippen molar-refractivity contribution in [3.63, 3.8) is 0 Å². The van der Waals surface area contributed by atoms with Crippen LogP contribution in [0.1, 0.15) is 37.7 Å². The minimum atomic E-state index is -4.49. The average Bonchev–Trinajstić information content (AvgIpc) is 2.79. The summed E-state index contributed by atoms with van der Waals surface area (Å²) in [5.41, 5.74) is -0.309. The van der Waals surface area contributed by atoms with Gasteiger partial charge in [0, 0.05) is 38.1 Å². The summed E-state index contributed by atoms with van der Waals surface area (Å²) in [5.74, 6) is -0.696. The number of hydrogen-bond acceptors (Lipinski definition) is 4. The van der Waals surface area contributed by atoms with Gasteiger partial charge in [-0.05, 0) is 24.8 Å². The fraction of sp³-hybridized carbons (Fsp3) is 0.652. The van der Waals surface area contributed by atoms with Gasteiger partial charge in [-0.25, -0.2) is 4.79 Å². The number of benzene rings is 1. The van der Waals surface area contributed by atoms with Crippen molar-refractivity contribution in [2.24, 2.45) is 5.92 Å². The summed E-state index contributed by atoms with van der Waals surface area (Å²) in [6.07, 6.45) is -2.28. The molecule has 2 saturated heterocycles. The molecule has 2 heterocycles. The van der Waals surface area contributed by atoms with Crippen molar-refractivity contribution in [3.05, 3.63) is 35.9 Å². The third-order valence-electron chi connectivity index (χ3n) is 7.46. The molecule has 2 aliphatic heterocycles. The zero-order chi connectivity index (χ0) is 23.8. The molecule has 0 radical (unpaired) electrons. The Hall–Kier alpha value is -2.33. The molecular weight excluding hydrogens is 439 g/mol. The molecule has 1 aromatic carbocycles. The topological polar surface area (TPSA) is 84.3 Å². The second kappa shape index (κ2) is 9.13. The van der Waals surface area contributed by atoms with E-state index in [0.29, 0.717) is 12.8 Å². The SMILES string of the molecule is O=C(O)N1CCN(CC(F)(F)F)C(C(=O)N2CCC(O)(c3ccccc3)C3CCCCC32)C1. The summed E-state index contributed by atoms with van der Waals surface area (Å²) < 4.78 is 39.6. The normalized spacial score (nSPS) is 31.2. The molecule has 2 N–H and O–H groups in total. The molecule has 4 rings (SSSR count). The Bertz CT molecular complexity index is 868. The van der Waals surface area contributed by atoms with Crippen molar-refractivity contribution in [3.8, 4) is 0 Å². The molecule has 3 aliphatic rings. The van der Waals surface area contributed by atoms with Crippen molar-refractivity contribution in [2.75, 3.05) is 32.7 Å². The third-order valence-corrected chi connectivity index (χ3v) is 7.46. The molecule has 1 aromatic rings. The van der Waals surface area contributed by atoms with E-state index in [2.05, 4.69) is 0 Å². The maximum atomic E-state index is 13.6. The molecule has 4 atom stereocenters. The number of nitrogens with zero attached hydrogens (tertiary/aromatic N) is 3. The Balaban J connectivity index is 1.60. The quantitative estimate of drug-likeness (QED) is 0.711. The molecule has 182 valence electrons. The number of hydrogen-bond donors (Lipinski definition) is 2. The van der Waals surface area contributed by atoms with Gasteiger partial charge in [0.1, 0.15) is 6.04 Å². The lowest BCUT2D eigenvalue weighted by molar-refractivity contribution is -0.172. The molecule has 3 fully saturated rings. The van der Waals surface area contributed by atoms with Crippen LogP contribution in [0.3, 0.4) is 0 Å². The Morgan fingerprint density at radius 3 is 2.42 bits per heavy atom. The molecule has 0 spiro atoms. The monoisotopic (exact) mass is 469 g/mol. The minimum absolute atomic E-state index is 0.0744. The van der Waals surface area contributed by atoms with Crippen LogP contribution in [0, 0.1) is 5.92 Å². The number of amides is 2. The second-order valence-corrected chi connectivity index (χ2v) is 9.36. The van der Waals surface area contributed by atoms with Crippen LogP contribution in [0.4, 0.5) is 18.0 Å². The lowest BCUT2D eigenvalue weighted by Crippen LogP contribution is -2.66. The van der Waals surface area contributed by atoms with Gasteiger partial charge in [-0.1, -0.05) is 43.2 Å². The van der Waals surface area contributed by atoms with Crippen molar-refractivity contribution >= 4 is 12.0 Å². The first-order valence-corrected chi connectivity index (χ1v) is 11.5. The van der Waals surface area contributed by atoms with Crippen LogP contribution in [-0.4, -0.2) is 87.9 Å². The van der Waals surface area contributed by atoms with Crippen LogP contribution < -0.4 is 0 Å². The highest BCUT2D eigenvalue weighted by atomic mass is 19.4. The van der Waals surface area contributed by atoms with Crippen LogP contribution in [-0.2, 0) is 10.4 Å². The number of alkyl halides is 3.